The van der Waals surface area contributed by atoms with Gasteiger partial charge in [0.05, 0.1) is 9.80 Å². The summed E-state index contributed by atoms with van der Waals surface area (Å²) in [6.07, 6.45) is 1.34. The molecule has 2 rings (SSSR count). The largest absolute Gasteiger partial charge is 0.293 e. The molecule has 0 fully saturated rings. The molecule has 88 valence electrons. The van der Waals surface area contributed by atoms with E-state index >= 15 is 0 Å². The fraction of sp³-hybridized carbons (Fsp3) is 0.250. The monoisotopic (exact) mass is 249 g/mol. The van der Waals surface area contributed by atoms with E-state index in [-0.39, 0.29) is 11.5 Å². The van der Waals surface area contributed by atoms with E-state index < -0.39 is 4.92 Å². The van der Waals surface area contributed by atoms with Crippen molar-refractivity contribution < 1.29 is 9.72 Å². The molecule has 1 aromatic heterocycles. The summed E-state index contributed by atoms with van der Waals surface area (Å²) in [5, 5.41) is 11.4. The number of nitro groups is 1. The smallest absolute Gasteiger partial charge is 0.270 e. The van der Waals surface area contributed by atoms with Gasteiger partial charge in [-0.2, -0.15) is 0 Å². The van der Waals surface area contributed by atoms with Crippen molar-refractivity contribution in [2.24, 2.45) is 0 Å². The minimum absolute atomic E-state index is 0.0600. The predicted molar refractivity (Wildman–Crippen MR) is 67.7 cm³/mol. The molecule has 0 N–H and O–H groups in total. The van der Waals surface area contributed by atoms with Crippen LogP contribution in [0, 0.1) is 10.1 Å². The Bertz CT molecular complexity index is 588. The fourth-order valence-corrected chi connectivity index (χ4v) is 2.64. The summed E-state index contributed by atoms with van der Waals surface area (Å²) in [6, 6.07) is 6.41. The maximum atomic E-state index is 11.7. The Morgan fingerprint density at radius 3 is 2.82 bits per heavy atom. The molecular weight excluding hydrogens is 238 g/mol. The Kier molecular flexibility index (Phi) is 3.19. The van der Waals surface area contributed by atoms with Crippen LogP contribution in [0.2, 0.25) is 0 Å². The average molecular weight is 249 g/mol. The molecule has 2 aromatic rings. The van der Waals surface area contributed by atoms with Gasteiger partial charge in [0.25, 0.3) is 5.69 Å². The lowest BCUT2D eigenvalue weighted by atomic mass is 10.2. The van der Waals surface area contributed by atoms with Crippen molar-refractivity contribution in [3.63, 3.8) is 0 Å². The third kappa shape index (κ3) is 2.34. The summed E-state index contributed by atoms with van der Waals surface area (Å²) in [7, 11) is 0. The maximum absolute atomic E-state index is 11.7. The first-order chi connectivity index (χ1) is 8.11. The van der Waals surface area contributed by atoms with Crippen molar-refractivity contribution in [1.82, 2.24) is 0 Å². The highest BCUT2D eigenvalue weighted by molar-refractivity contribution is 7.20. The van der Waals surface area contributed by atoms with Crippen LogP contribution in [0.1, 0.15) is 29.4 Å². The van der Waals surface area contributed by atoms with Gasteiger partial charge >= 0.3 is 0 Å². The van der Waals surface area contributed by atoms with Crippen LogP contribution in [0.25, 0.3) is 10.1 Å². The van der Waals surface area contributed by atoms with Crippen LogP contribution < -0.4 is 0 Å². The number of nitrogens with zero attached hydrogens (tertiary/aromatic N) is 1. The van der Waals surface area contributed by atoms with E-state index in [0.29, 0.717) is 11.3 Å². The van der Waals surface area contributed by atoms with Crippen molar-refractivity contribution in [1.29, 1.82) is 0 Å². The highest BCUT2D eigenvalue weighted by atomic mass is 32.1. The zero-order valence-corrected chi connectivity index (χ0v) is 10.1. The van der Waals surface area contributed by atoms with Crippen molar-refractivity contribution in [2.45, 2.75) is 19.8 Å². The predicted octanol–water partition coefficient (Wildman–Crippen LogP) is 3.79. The topological polar surface area (TPSA) is 60.2 Å². The lowest BCUT2D eigenvalue weighted by Crippen LogP contribution is -1.93. The quantitative estimate of drug-likeness (QED) is 0.470. The summed E-state index contributed by atoms with van der Waals surface area (Å²) in [5.74, 6) is 0.108. The molecule has 0 unspecified atom stereocenters. The first-order valence-electron chi connectivity index (χ1n) is 5.33. The molecule has 0 aliphatic carbocycles. The molecule has 0 aliphatic heterocycles. The number of rotatable bonds is 4. The zero-order valence-electron chi connectivity index (χ0n) is 9.30. The second-order valence-electron chi connectivity index (χ2n) is 3.76. The number of carbonyl (C=O) groups excluding carboxylic acids is 1. The van der Waals surface area contributed by atoms with Gasteiger partial charge in [-0.25, -0.2) is 0 Å². The first-order valence-corrected chi connectivity index (χ1v) is 6.14. The SMILES string of the molecule is CCCC(=O)c1cc2cc([N+](=O)[O-])ccc2s1. The third-order valence-corrected chi connectivity index (χ3v) is 3.62. The summed E-state index contributed by atoms with van der Waals surface area (Å²) in [6.45, 7) is 1.95. The molecule has 0 bridgehead atoms. The van der Waals surface area contributed by atoms with E-state index in [9.17, 15) is 14.9 Å². The van der Waals surface area contributed by atoms with Crippen molar-refractivity contribution in [3.8, 4) is 0 Å². The van der Waals surface area contributed by atoms with Crippen molar-refractivity contribution in [2.75, 3.05) is 0 Å². The van der Waals surface area contributed by atoms with Gasteiger partial charge in [-0.15, -0.1) is 11.3 Å². The molecule has 0 saturated heterocycles. The number of ketones is 1. The molecule has 0 spiro atoms. The molecule has 17 heavy (non-hydrogen) atoms. The van der Waals surface area contributed by atoms with E-state index in [0.717, 1.165) is 16.5 Å². The van der Waals surface area contributed by atoms with Crippen LogP contribution in [-0.4, -0.2) is 10.7 Å². The normalized spacial score (nSPS) is 10.6. The summed E-state index contributed by atoms with van der Waals surface area (Å²) < 4.78 is 0.912. The Hall–Kier alpha value is -1.75. The van der Waals surface area contributed by atoms with E-state index in [1.807, 2.05) is 6.92 Å². The van der Waals surface area contributed by atoms with Gasteiger partial charge in [-0.1, -0.05) is 6.92 Å². The van der Waals surface area contributed by atoms with Crippen molar-refractivity contribution in [3.05, 3.63) is 39.3 Å². The summed E-state index contributed by atoms with van der Waals surface area (Å²) in [5.41, 5.74) is 0.0600. The fourth-order valence-electron chi connectivity index (χ4n) is 1.63. The van der Waals surface area contributed by atoms with Gasteiger partial charge in [-0.3, -0.25) is 14.9 Å². The third-order valence-electron chi connectivity index (χ3n) is 2.46. The summed E-state index contributed by atoms with van der Waals surface area (Å²) in [4.78, 5) is 22.6. The Balaban J connectivity index is 2.43. The molecule has 4 nitrogen and oxygen atoms in total. The molecule has 0 atom stereocenters. The zero-order chi connectivity index (χ0) is 12.4. The lowest BCUT2D eigenvalue weighted by Gasteiger charge is -1.90. The molecule has 0 radical (unpaired) electrons. The summed E-state index contributed by atoms with van der Waals surface area (Å²) >= 11 is 1.39. The maximum Gasteiger partial charge on any atom is 0.270 e. The molecule has 0 saturated carbocycles. The molecule has 0 amide bonds. The van der Waals surface area contributed by atoms with Crippen LogP contribution in [0.5, 0.6) is 0 Å². The molecule has 1 heterocycles. The highest BCUT2D eigenvalue weighted by Crippen LogP contribution is 2.29. The Morgan fingerprint density at radius 1 is 1.41 bits per heavy atom. The molecule has 5 heteroatoms. The van der Waals surface area contributed by atoms with Crippen LogP contribution in [0.15, 0.2) is 24.3 Å². The Labute approximate surface area is 102 Å². The van der Waals surface area contributed by atoms with E-state index in [2.05, 4.69) is 0 Å². The van der Waals surface area contributed by atoms with E-state index in [1.54, 1.807) is 12.1 Å². The molecular formula is C12H11NO3S. The second-order valence-corrected chi connectivity index (χ2v) is 4.85. The minimum Gasteiger partial charge on any atom is -0.293 e. The van der Waals surface area contributed by atoms with Gasteiger partial charge in [0.1, 0.15) is 0 Å². The van der Waals surface area contributed by atoms with E-state index in [4.69, 9.17) is 0 Å². The number of thiophene rings is 1. The van der Waals surface area contributed by atoms with Crippen LogP contribution in [0.3, 0.4) is 0 Å². The Morgan fingerprint density at radius 2 is 2.18 bits per heavy atom. The number of carbonyl (C=O) groups is 1. The highest BCUT2D eigenvalue weighted by Gasteiger charge is 2.12. The van der Waals surface area contributed by atoms with Gasteiger partial charge in [0.15, 0.2) is 5.78 Å². The number of benzene rings is 1. The number of nitro benzene ring substituents is 1. The van der Waals surface area contributed by atoms with E-state index in [1.165, 1.54) is 23.5 Å². The number of fused-ring (bicyclic) bond motifs is 1. The number of hydrogen-bond donors (Lipinski definition) is 0. The molecule has 1 aromatic carbocycles. The van der Waals surface area contributed by atoms with Gasteiger partial charge in [0, 0.05) is 23.3 Å². The minimum atomic E-state index is -0.426. The number of Topliss-reactive ketones (excluding diaryl/α,β-unsaturated/α-hetero) is 1. The van der Waals surface area contributed by atoms with Crippen molar-refractivity contribution >= 4 is 32.9 Å². The number of non-ortho nitro benzene ring substituents is 1. The van der Waals surface area contributed by atoms with Crippen LogP contribution in [0.4, 0.5) is 5.69 Å². The average Bonchev–Trinajstić information content (AvgIpc) is 2.71. The molecule has 0 aliphatic rings. The standard InChI is InChI=1S/C12H11NO3S/c1-2-3-10(14)12-7-8-6-9(13(15)16)4-5-11(8)17-12/h4-7H,2-3H2,1H3. The second kappa shape index (κ2) is 4.63. The van der Waals surface area contributed by atoms with Crippen LogP contribution >= 0.6 is 11.3 Å². The van der Waals surface area contributed by atoms with Gasteiger partial charge < -0.3 is 0 Å². The first kappa shape index (κ1) is 11.7. The lowest BCUT2D eigenvalue weighted by molar-refractivity contribution is -0.384. The van der Waals surface area contributed by atoms with Gasteiger partial charge in [0.2, 0.25) is 0 Å². The number of hydrogen-bond acceptors (Lipinski definition) is 4. The van der Waals surface area contributed by atoms with Crippen LogP contribution in [-0.2, 0) is 0 Å². The van der Waals surface area contributed by atoms with Gasteiger partial charge in [-0.05, 0) is 23.9 Å².